The van der Waals surface area contributed by atoms with Gasteiger partial charge in [-0.3, -0.25) is 4.79 Å². The number of anilines is 2. The molecule has 34 heavy (non-hydrogen) atoms. The molecule has 0 radical (unpaired) electrons. The van der Waals surface area contributed by atoms with E-state index in [4.69, 9.17) is 11.6 Å². The van der Waals surface area contributed by atoms with Gasteiger partial charge in [-0.25, -0.2) is 9.78 Å². The van der Waals surface area contributed by atoms with Crippen molar-refractivity contribution in [3.8, 4) is 11.4 Å². The largest absolute Gasteiger partial charge is 0.387 e. The lowest BCUT2D eigenvalue weighted by Crippen LogP contribution is -2.34. The number of nitrogens with zero attached hydrogens (tertiary/aromatic N) is 1. The summed E-state index contributed by atoms with van der Waals surface area (Å²) < 4.78 is 0. The van der Waals surface area contributed by atoms with E-state index < -0.39 is 6.10 Å². The van der Waals surface area contributed by atoms with Crippen molar-refractivity contribution in [3.63, 3.8) is 0 Å². The summed E-state index contributed by atoms with van der Waals surface area (Å²) >= 11 is 6.02. The highest BCUT2D eigenvalue weighted by Crippen LogP contribution is 2.26. The highest BCUT2D eigenvalue weighted by Gasteiger charge is 2.16. The van der Waals surface area contributed by atoms with Crippen LogP contribution in [0.15, 0.2) is 59.5 Å². The zero-order chi connectivity index (χ0) is 24.2. The van der Waals surface area contributed by atoms with Crippen LogP contribution < -0.4 is 21.5 Å². The number of carbonyl (C=O) groups is 1. The number of urea groups is 1. The molecule has 176 valence electrons. The summed E-state index contributed by atoms with van der Waals surface area (Å²) in [6.07, 6.45) is 0.699. The first-order valence-corrected chi connectivity index (χ1v) is 11.1. The third-order valence-corrected chi connectivity index (χ3v) is 5.31. The molecule has 6 N–H and O–H groups in total. The smallest absolute Gasteiger partial charge is 0.319 e. The summed E-state index contributed by atoms with van der Waals surface area (Å²) in [5.41, 5.74) is 3.03. The maximum Gasteiger partial charge on any atom is 0.319 e. The number of hydrogen-bond acceptors (Lipinski definition) is 5. The fourth-order valence-electron chi connectivity index (χ4n) is 3.53. The fourth-order valence-corrected chi connectivity index (χ4v) is 3.73. The lowest BCUT2D eigenvalue weighted by Gasteiger charge is -2.15. The molecule has 4 rings (SSSR count). The van der Waals surface area contributed by atoms with E-state index in [2.05, 4.69) is 30.9 Å². The van der Waals surface area contributed by atoms with Gasteiger partial charge in [0.05, 0.1) is 22.8 Å². The van der Waals surface area contributed by atoms with Gasteiger partial charge in [0.25, 0.3) is 5.56 Å². The van der Waals surface area contributed by atoms with E-state index in [0.717, 1.165) is 0 Å². The van der Waals surface area contributed by atoms with E-state index in [1.54, 1.807) is 48.5 Å². The Balaban J connectivity index is 1.58. The van der Waals surface area contributed by atoms with E-state index in [1.807, 2.05) is 13.8 Å². The van der Waals surface area contributed by atoms with E-state index in [9.17, 15) is 14.7 Å². The zero-order valence-electron chi connectivity index (χ0n) is 18.6. The number of H-pyrrole nitrogens is 2. The van der Waals surface area contributed by atoms with Crippen molar-refractivity contribution in [3.05, 3.63) is 75.7 Å². The number of aromatic nitrogens is 3. The van der Waals surface area contributed by atoms with Gasteiger partial charge in [-0.05, 0) is 55.8 Å². The number of nitrogens with one attached hydrogen (secondary N) is 5. The third-order valence-electron chi connectivity index (χ3n) is 5.08. The second kappa shape index (κ2) is 9.98. The maximum atomic E-state index is 12.7. The van der Waals surface area contributed by atoms with Crippen LogP contribution in [0.25, 0.3) is 22.4 Å². The Morgan fingerprint density at radius 1 is 1.18 bits per heavy atom. The third kappa shape index (κ3) is 5.38. The summed E-state index contributed by atoms with van der Waals surface area (Å²) in [6.45, 7) is 3.91. The average molecular weight is 481 g/mol. The number of rotatable bonds is 7. The van der Waals surface area contributed by atoms with Crippen molar-refractivity contribution in [2.45, 2.75) is 26.0 Å². The molecule has 4 aromatic rings. The molecule has 0 saturated heterocycles. The van der Waals surface area contributed by atoms with Crippen LogP contribution in [0.5, 0.6) is 0 Å². The predicted molar refractivity (Wildman–Crippen MR) is 134 cm³/mol. The molecule has 2 heterocycles. The molecular weight excluding hydrogens is 456 g/mol. The van der Waals surface area contributed by atoms with Gasteiger partial charge in [-0.1, -0.05) is 23.7 Å². The Labute approximate surface area is 200 Å². The summed E-state index contributed by atoms with van der Waals surface area (Å²) in [5.74, 6) is 0.361. The van der Waals surface area contributed by atoms with Gasteiger partial charge >= 0.3 is 6.03 Å². The monoisotopic (exact) mass is 480 g/mol. The molecule has 2 amide bonds. The predicted octanol–water partition coefficient (Wildman–Crippen LogP) is 4.25. The molecule has 0 bridgehead atoms. The molecular formula is C24H25ClN6O3. The summed E-state index contributed by atoms with van der Waals surface area (Å²) in [7, 11) is 0. The van der Waals surface area contributed by atoms with E-state index >= 15 is 0 Å². The first kappa shape index (κ1) is 23.3. The quantitative estimate of drug-likeness (QED) is 0.235. The number of carbonyl (C=O) groups excluding carboxylic acids is 1. The van der Waals surface area contributed by atoms with Crippen LogP contribution in [-0.2, 0) is 0 Å². The molecule has 10 heteroatoms. The van der Waals surface area contributed by atoms with Crippen LogP contribution >= 0.6 is 11.6 Å². The second-order valence-electron chi connectivity index (χ2n) is 8.12. The van der Waals surface area contributed by atoms with Crippen LogP contribution in [0.1, 0.15) is 25.5 Å². The van der Waals surface area contributed by atoms with Gasteiger partial charge in [0.15, 0.2) is 0 Å². The number of aliphatic hydroxyl groups excluding tert-OH is 1. The molecule has 0 saturated carbocycles. The Kier molecular flexibility index (Phi) is 6.85. The number of benzene rings is 2. The van der Waals surface area contributed by atoms with Crippen LogP contribution in [0.3, 0.4) is 0 Å². The van der Waals surface area contributed by atoms with E-state index in [-0.39, 0.29) is 24.2 Å². The Morgan fingerprint density at radius 2 is 2.00 bits per heavy atom. The number of aromatic amines is 2. The molecule has 1 unspecified atom stereocenters. The zero-order valence-corrected chi connectivity index (χ0v) is 19.4. The topological polar surface area (TPSA) is 135 Å². The van der Waals surface area contributed by atoms with Gasteiger partial charge in [0, 0.05) is 29.5 Å². The highest BCUT2D eigenvalue weighted by atomic mass is 35.5. The first-order valence-electron chi connectivity index (χ1n) is 10.8. The van der Waals surface area contributed by atoms with Crippen molar-refractivity contribution in [2.75, 3.05) is 17.2 Å². The van der Waals surface area contributed by atoms with Crippen LogP contribution in [0.2, 0.25) is 5.02 Å². The van der Waals surface area contributed by atoms with E-state index in [1.165, 1.54) is 6.20 Å². The summed E-state index contributed by atoms with van der Waals surface area (Å²) in [6, 6.07) is 13.6. The Morgan fingerprint density at radius 3 is 2.76 bits per heavy atom. The lowest BCUT2D eigenvalue weighted by atomic mass is 10.1. The van der Waals surface area contributed by atoms with Gasteiger partial charge < -0.3 is 31.0 Å². The highest BCUT2D eigenvalue weighted by molar-refractivity contribution is 6.30. The Hall–Kier alpha value is -3.82. The van der Waals surface area contributed by atoms with Gasteiger partial charge in [0.2, 0.25) is 0 Å². The lowest BCUT2D eigenvalue weighted by molar-refractivity contribution is 0.191. The standard InChI is InChI=1S/C24H25ClN6O3/c1-13(2)28-24(34)29-16-6-7-17-19(11-16)31-22(30-17)21-18(8-9-26-23(21)33)27-12-20(32)14-4-3-5-15(25)10-14/h3-11,13,20,32H,12H2,1-2H3,(H,30,31)(H2,26,27,33)(H2,28,29,34). The van der Waals surface area contributed by atoms with Crippen molar-refractivity contribution in [1.29, 1.82) is 0 Å². The number of pyridine rings is 1. The van der Waals surface area contributed by atoms with Gasteiger partial charge in [-0.2, -0.15) is 0 Å². The number of hydrogen-bond donors (Lipinski definition) is 6. The normalized spacial score (nSPS) is 12.0. The first-order chi connectivity index (χ1) is 16.3. The van der Waals surface area contributed by atoms with Gasteiger partial charge in [0.1, 0.15) is 11.4 Å². The number of aliphatic hydroxyl groups is 1. The molecule has 0 spiro atoms. The van der Waals surface area contributed by atoms with Crippen molar-refractivity contribution >= 4 is 40.0 Å². The fraction of sp³-hybridized carbons (Fsp3) is 0.208. The SMILES string of the molecule is CC(C)NC(=O)Nc1ccc2nc(-c3c(NCC(O)c4cccc(Cl)c4)cc[nH]c3=O)[nH]c2c1. The number of imidazole rings is 1. The molecule has 9 nitrogen and oxygen atoms in total. The minimum absolute atomic E-state index is 0.00982. The van der Waals surface area contributed by atoms with Crippen molar-refractivity contribution in [2.24, 2.45) is 0 Å². The van der Waals surface area contributed by atoms with Gasteiger partial charge in [-0.15, -0.1) is 0 Å². The van der Waals surface area contributed by atoms with Crippen LogP contribution in [-0.4, -0.2) is 38.7 Å². The molecule has 1 atom stereocenters. The minimum Gasteiger partial charge on any atom is -0.387 e. The average Bonchev–Trinajstić information content (AvgIpc) is 3.19. The van der Waals surface area contributed by atoms with Crippen LogP contribution in [0.4, 0.5) is 16.2 Å². The van der Waals surface area contributed by atoms with Crippen LogP contribution in [0, 0.1) is 0 Å². The molecule has 2 aromatic heterocycles. The number of halogens is 1. The summed E-state index contributed by atoms with van der Waals surface area (Å²) in [4.78, 5) is 35.0. The van der Waals surface area contributed by atoms with Crippen molar-refractivity contribution < 1.29 is 9.90 Å². The summed E-state index contributed by atoms with van der Waals surface area (Å²) in [5, 5.41) is 19.7. The van der Waals surface area contributed by atoms with E-state index in [0.29, 0.717) is 44.4 Å². The minimum atomic E-state index is -0.827. The second-order valence-corrected chi connectivity index (χ2v) is 8.55. The molecule has 0 fully saturated rings. The molecule has 0 aliphatic rings. The Bertz CT molecular complexity index is 1380. The maximum absolute atomic E-state index is 12.7. The molecule has 2 aromatic carbocycles. The number of fused-ring (bicyclic) bond motifs is 1. The molecule has 0 aliphatic carbocycles. The number of amides is 2. The molecule has 0 aliphatic heterocycles. The van der Waals surface area contributed by atoms with Crippen molar-refractivity contribution in [1.82, 2.24) is 20.3 Å².